The third-order valence-corrected chi connectivity index (χ3v) is 5.19. The summed E-state index contributed by atoms with van der Waals surface area (Å²) in [7, 11) is 3.50. The molecule has 2 saturated heterocycles. The van der Waals surface area contributed by atoms with E-state index in [2.05, 4.69) is 10.2 Å². The summed E-state index contributed by atoms with van der Waals surface area (Å²) in [5, 5.41) is 12.7. The molecule has 7 nitrogen and oxygen atoms in total. The number of hydrogen-bond acceptors (Lipinski definition) is 5. The third kappa shape index (κ3) is 4.16. The first-order valence-corrected chi connectivity index (χ1v) is 8.99. The van der Waals surface area contributed by atoms with E-state index in [0.717, 1.165) is 19.5 Å². The number of hydrogen-bond donors (Lipinski definition) is 2. The van der Waals surface area contributed by atoms with Crippen LogP contribution >= 0.6 is 0 Å². The Morgan fingerprint density at radius 3 is 2.81 bits per heavy atom. The van der Waals surface area contributed by atoms with Crippen LogP contribution in [0.1, 0.15) is 28.8 Å². The van der Waals surface area contributed by atoms with Crippen LogP contribution < -0.4 is 5.32 Å². The van der Waals surface area contributed by atoms with E-state index in [1.54, 1.807) is 44.1 Å². The maximum Gasteiger partial charge on any atom is 0.251 e. The van der Waals surface area contributed by atoms with Crippen LogP contribution in [-0.2, 0) is 9.53 Å². The lowest BCUT2D eigenvalue weighted by Gasteiger charge is -2.35. The monoisotopic (exact) mass is 361 g/mol. The smallest absolute Gasteiger partial charge is 0.251 e. The van der Waals surface area contributed by atoms with Gasteiger partial charge in [-0.1, -0.05) is 0 Å². The minimum absolute atomic E-state index is 0.0634. The van der Waals surface area contributed by atoms with Crippen LogP contribution in [0.25, 0.3) is 0 Å². The van der Waals surface area contributed by atoms with Gasteiger partial charge in [-0.2, -0.15) is 0 Å². The number of carbonyl (C=O) groups excluding carboxylic acids is 2. The number of amides is 2. The van der Waals surface area contributed by atoms with Crippen molar-refractivity contribution >= 4 is 11.8 Å². The van der Waals surface area contributed by atoms with Crippen molar-refractivity contribution in [3.8, 4) is 5.75 Å². The Morgan fingerprint density at radius 1 is 1.35 bits per heavy atom. The van der Waals surface area contributed by atoms with Crippen molar-refractivity contribution in [1.29, 1.82) is 0 Å². The Kier molecular flexibility index (Phi) is 5.48. The van der Waals surface area contributed by atoms with Gasteiger partial charge in [0.25, 0.3) is 5.91 Å². The van der Waals surface area contributed by atoms with Crippen LogP contribution in [-0.4, -0.2) is 78.7 Å². The number of aromatic hydroxyl groups is 1. The van der Waals surface area contributed by atoms with Crippen LogP contribution in [0.5, 0.6) is 5.75 Å². The number of ether oxygens (including phenoxy) is 1. The van der Waals surface area contributed by atoms with E-state index in [1.807, 2.05) is 0 Å². The molecule has 2 aliphatic rings. The van der Waals surface area contributed by atoms with Crippen molar-refractivity contribution < 1.29 is 19.4 Å². The van der Waals surface area contributed by atoms with Gasteiger partial charge < -0.3 is 20.1 Å². The van der Waals surface area contributed by atoms with Gasteiger partial charge in [0.1, 0.15) is 5.75 Å². The van der Waals surface area contributed by atoms with E-state index in [0.29, 0.717) is 24.2 Å². The molecule has 0 bridgehead atoms. The SMILES string of the molecule is Cc1cc(C(=O)N[C@H]2C[C@H]3CO[C@@H](CC(=O)N(C)C)CN3C2)ccc1O. The van der Waals surface area contributed by atoms with Crippen molar-refractivity contribution in [2.24, 2.45) is 0 Å². The number of phenolic OH excluding ortho intramolecular Hbond substituents is 1. The summed E-state index contributed by atoms with van der Waals surface area (Å²) in [6.45, 7) is 3.85. The summed E-state index contributed by atoms with van der Waals surface area (Å²) in [6.07, 6.45) is 1.15. The van der Waals surface area contributed by atoms with Crippen LogP contribution in [0.2, 0.25) is 0 Å². The first-order chi connectivity index (χ1) is 12.3. The van der Waals surface area contributed by atoms with Crippen molar-refractivity contribution in [1.82, 2.24) is 15.1 Å². The fourth-order valence-corrected chi connectivity index (χ4v) is 3.61. The molecule has 0 saturated carbocycles. The van der Waals surface area contributed by atoms with E-state index >= 15 is 0 Å². The van der Waals surface area contributed by atoms with E-state index in [4.69, 9.17) is 4.74 Å². The Bertz CT molecular complexity index is 691. The van der Waals surface area contributed by atoms with Gasteiger partial charge in [-0.05, 0) is 37.1 Å². The molecule has 2 amide bonds. The Hall–Kier alpha value is -2.12. The number of nitrogens with zero attached hydrogens (tertiary/aromatic N) is 2. The highest BCUT2D eigenvalue weighted by Gasteiger charge is 2.38. The molecule has 0 radical (unpaired) electrons. The summed E-state index contributed by atoms with van der Waals surface area (Å²) < 4.78 is 5.85. The highest BCUT2D eigenvalue weighted by atomic mass is 16.5. The second-order valence-electron chi connectivity index (χ2n) is 7.46. The molecule has 0 spiro atoms. The highest BCUT2D eigenvalue weighted by molar-refractivity contribution is 5.94. The zero-order valence-corrected chi connectivity index (χ0v) is 15.6. The predicted octanol–water partition coefficient (Wildman–Crippen LogP) is 0.750. The number of rotatable bonds is 4. The van der Waals surface area contributed by atoms with E-state index in [1.165, 1.54) is 0 Å². The van der Waals surface area contributed by atoms with E-state index < -0.39 is 0 Å². The summed E-state index contributed by atoms with van der Waals surface area (Å²) in [5.74, 6) is 0.133. The number of benzene rings is 1. The van der Waals surface area contributed by atoms with Gasteiger partial charge in [-0.25, -0.2) is 0 Å². The average molecular weight is 361 g/mol. The van der Waals surface area contributed by atoms with Crippen molar-refractivity contribution in [3.05, 3.63) is 29.3 Å². The van der Waals surface area contributed by atoms with Gasteiger partial charge in [0.05, 0.1) is 19.1 Å². The second-order valence-corrected chi connectivity index (χ2v) is 7.46. The Morgan fingerprint density at radius 2 is 2.12 bits per heavy atom. The van der Waals surface area contributed by atoms with E-state index in [9.17, 15) is 14.7 Å². The van der Waals surface area contributed by atoms with E-state index in [-0.39, 0.29) is 35.8 Å². The number of morpholine rings is 1. The molecule has 2 aliphatic heterocycles. The van der Waals surface area contributed by atoms with Crippen LogP contribution in [0.15, 0.2) is 18.2 Å². The first-order valence-electron chi connectivity index (χ1n) is 8.99. The molecule has 142 valence electrons. The molecule has 2 fully saturated rings. The summed E-state index contributed by atoms with van der Waals surface area (Å²) in [5.41, 5.74) is 1.24. The van der Waals surface area contributed by atoms with Gasteiger partial charge in [0, 0.05) is 44.8 Å². The van der Waals surface area contributed by atoms with Crippen LogP contribution in [0.4, 0.5) is 0 Å². The zero-order valence-electron chi connectivity index (χ0n) is 15.6. The van der Waals surface area contributed by atoms with Gasteiger partial charge in [-0.15, -0.1) is 0 Å². The summed E-state index contributed by atoms with van der Waals surface area (Å²) >= 11 is 0. The fraction of sp³-hybridized carbons (Fsp3) is 0.579. The number of phenols is 1. The largest absolute Gasteiger partial charge is 0.508 e. The molecule has 3 atom stereocenters. The third-order valence-electron chi connectivity index (χ3n) is 5.19. The lowest BCUT2D eigenvalue weighted by Crippen LogP contribution is -2.47. The molecule has 1 aromatic rings. The number of nitrogens with one attached hydrogen (secondary N) is 1. The molecule has 2 N–H and O–H groups in total. The minimum atomic E-state index is -0.127. The van der Waals surface area contributed by atoms with Crippen molar-refractivity contribution in [3.63, 3.8) is 0 Å². The molecule has 0 aromatic heterocycles. The first kappa shape index (κ1) is 18.7. The standard InChI is InChI=1S/C19H27N3O4/c1-12-6-13(4-5-17(12)23)19(25)20-14-7-15-11-26-16(10-22(15)9-14)8-18(24)21(2)3/h4-6,14-16,23H,7-11H2,1-3H3,(H,20,25)/t14-,15-,16-/m0/s1. The Labute approximate surface area is 153 Å². The Balaban J connectivity index is 1.54. The lowest BCUT2D eigenvalue weighted by molar-refractivity contribution is -0.134. The predicted molar refractivity (Wildman–Crippen MR) is 97.1 cm³/mol. The molecule has 0 aliphatic carbocycles. The lowest BCUT2D eigenvalue weighted by atomic mass is 10.1. The molecule has 2 heterocycles. The fourth-order valence-electron chi connectivity index (χ4n) is 3.61. The van der Waals surface area contributed by atoms with Crippen molar-refractivity contribution in [2.45, 2.75) is 38.0 Å². The normalized spacial score (nSPS) is 25.6. The van der Waals surface area contributed by atoms with Crippen molar-refractivity contribution in [2.75, 3.05) is 33.8 Å². The molecule has 26 heavy (non-hydrogen) atoms. The number of fused-ring (bicyclic) bond motifs is 1. The molecular formula is C19H27N3O4. The van der Waals surface area contributed by atoms with Gasteiger partial charge >= 0.3 is 0 Å². The van der Waals surface area contributed by atoms with Crippen LogP contribution in [0.3, 0.4) is 0 Å². The average Bonchev–Trinajstić information content (AvgIpc) is 2.98. The number of aryl methyl sites for hydroxylation is 1. The molecular weight excluding hydrogens is 334 g/mol. The van der Waals surface area contributed by atoms with Gasteiger partial charge in [0.15, 0.2) is 0 Å². The van der Waals surface area contributed by atoms with Gasteiger partial charge in [-0.3, -0.25) is 14.5 Å². The molecule has 7 heteroatoms. The maximum atomic E-state index is 12.5. The minimum Gasteiger partial charge on any atom is -0.508 e. The zero-order chi connectivity index (χ0) is 18.8. The highest BCUT2D eigenvalue weighted by Crippen LogP contribution is 2.25. The second kappa shape index (κ2) is 7.63. The maximum absolute atomic E-state index is 12.5. The quantitative estimate of drug-likeness (QED) is 0.827. The summed E-state index contributed by atoms with van der Waals surface area (Å²) in [6, 6.07) is 5.22. The van der Waals surface area contributed by atoms with Crippen LogP contribution in [0, 0.1) is 6.92 Å². The van der Waals surface area contributed by atoms with Gasteiger partial charge in [0.2, 0.25) is 5.91 Å². The topological polar surface area (TPSA) is 82.1 Å². The summed E-state index contributed by atoms with van der Waals surface area (Å²) in [4.78, 5) is 28.2. The molecule has 3 rings (SSSR count). The molecule has 0 unspecified atom stereocenters. The molecule has 1 aromatic carbocycles. The number of carbonyl (C=O) groups is 2.